The summed E-state index contributed by atoms with van der Waals surface area (Å²) < 4.78 is 5.48. The van der Waals surface area contributed by atoms with E-state index in [1.54, 1.807) is 12.1 Å². The lowest BCUT2D eigenvalue weighted by Crippen LogP contribution is -1.99. The van der Waals surface area contributed by atoms with Crippen molar-refractivity contribution in [3.05, 3.63) is 63.7 Å². The lowest BCUT2D eigenvalue weighted by atomic mass is 10.1. The number of hydrogen-bond donors (Lipinski definition) is 1. The minimum atomic E-state index is -0.463. The molecule has 0 unspecified atom stereocenters. The van der Waals surface area contributed by atoms with E-state index in [2.05, 4.69) is 16.4 Å². The second-order valence-corrected chi connectivity index (χ2v) is 4.74. The molecule has 0 aliphatic rings. The summed E-state index contributed by atoms with van der Waals surface area (Å²) in [5, 5.41) is 14.0. The van der Waals surface area contributed by atoms with Crippen LogP contribution in [-0.2, 0) is 6.54 Å². The highest BCUT2D eigenvalue weighted by molar-refractivity contribution is 5.83. The van der Waals surface area contributed by atoms with Crippen LogP contribution < -0.4 is 5.32 Å². The Balaban J connectivity index is 1.85. The van der Waals surface area contributed by atoms with Crippen LogP contribution in [0.4, 0.5) is 11.7 Å². The van der Waals surface area contributed by atoms with Gasteiger partial charge in [-0.05, 0) is 18.6 Å². The highest BCUT2D eigenvalue weighted by Crippen LogP contribution is 2.27. The first-order chi connectivity index (χ1) is 10.1. The van der Waals surface area contributed by atoms with Gasteiger partial charge in [-0.3, -0.25) is 10.1 Å². The zero-order valence-corrected chi connectivity index (χ0v) is 11.4. The third kappa shape index (κ3) is 2.69. The van der Waals surface area contributed by atoms with Crippen molar-refractivity contribution in [1.82, 2.24) is 4.98 Å². The summed E-state index contributed by atoms with van der Waals surface area (Å²) in [5.74, 6) is 0. The van der Waals surface area contributed by atoms with E-state index in [0.29, 0.717) is 12.1 Å². The molecular formula is C15H13N3O3. The highest BCUT2D eigenvalue weighted by Gasteiger charge is 2.17. The number of anilines is 1. The van der Waals surface area contributed by atoms with Crippen LogP contribution in [-0.4, -0.2) is 9.91 Å². The van der Waals surface area contributed by atoms with Gasteiger partial charge in [0.05, 0.1) is 4.92 Å². The number of aromatic nitrogens is 1. The molecule has 0 aliphatic heterocycles. The Morgan fingerprint density at radius 3 is 2.86 bits per heavy atom. The third-order valence-corrected chi connectivity index (χ3v) is 3.12. The van der Waals surface area contributed by atoms with Gasteiger partial charge in [-0.1, -0.05) is 35.9 Å². The number of nitrogens with one attached hydrogen (secondary N) is 1. The van der Waals surface area contributed by atoms with E-state index < -0.39 is 4.92 Å². The topological polar surface area (TPSA) is 81.2 Å². The number of fused-ring (bicyclic) bond motifs is 1. The summed E-state index contributed by atoms with van der Waals surface area (Å²) in [5.41, 5.74) is 2.86. The number of aryl methyl sites for hydroxylation is 1. The van der Waals surface area contributed by atoms with Crippen molar-refractivity contribution >= 4 is 22.8 Å². The maximum atomic E-state index is 10.9. The molecule has 0 bridgehead atoms. The Kier molecular flexibility index (Phi) is 3.27. The third-order valence-electron chi connectivity index (χ3n) is 3.12. The number of nitro groups is 1. The second-order valence-electron chi connectivity index (χ2n) is 4.74. The standard InChI is InChI=1S/C15H13N3O3/c1-10-4-2-5-11(8-10)9-16-15-17-14-12(18(19)20)6-3-7-13(14)21-15/h2-8H,9H2,1H3,(H,16,17). The summed E-state index contributed by atoms with van der Waals surface area (Å²) >= 11 is 0. The van der Waals surface area contributed by atoms with Crippen LogP contribution in [0.5, 0.6) is 0 Å². The molecule has 3 rings (SSSR count). The van der Waals surface area contributed by atoms with E-state index >= 15 is 0 Å². The normalized spacial score (nSPS) is 10.7. The van der Waals surface area contributed by atoms with Crippen molar-refractivity contribution in [3.63, 3.8) is 0 Å². The van der Waals surface area contributed by atoms with Crippen molar-refractivity contribution in [3.8, 4) is 0 Å². The predicted molar refractivity (Wildman–Crippen MR) is 79.2 cm³/mol. The van der Waals surface area contributed by atoms with Gasteiger partial charge in [0.15, 0.2) is 11.1 Å². The molecule has 0 saturated heterocycles. The van der Waals surface area contributed by atoms with E-state index in [1.807, 2.05) is 25.1 Å². The molecule has 0 aliphatic carbocycles. The van der Waals surface area contributed by atoms with Gasteiger partial charge >= 0.3 is 0 Å². The molecule has 0 radical (unpaired) electrons. The van der Waals surface area contributed by atoms with Crippen molar-refractivity contribution in [2.75, 3.05) is 5.32 Å². The Morgan fingerprint density at radius 2 is 2.10 bits per heavy atom. The Labute approximate surface area is 120 Å². The predicted octanol–water partition coefficient (Wildman–Crippen LogP) is 3.66. The monoisotopic (exact) mass is 283 g/mol. The van der Waals surface area contributed by atoms with Crippen LogP contribution in [0.2, 0.25) is 0 Å². The van der Waals surface area contributed by atoms with Gasteiger partial charge in [-0.15, -0.1) is 0 Å². The number of para-hydroxylation sites is 1. The van der Waals surface area contributed by atoms with Crippen molar-refractivity contribution in [2.24, 2.45) is 0 Å². The number of oxazole rings is 1. The van der Waals surface area contributed by atoms with E-state index in [9.17, 15) is 10.1 Å². The van der Waals surface area contributed by atoms with Gasteiger partial charge in [0.25, 0.3) is 11.7 Å². The fraction of sp³-hybridized carbons (Fsp3) is 0.133. The minimum absolute atomic E-state index is 0.0557. The molecule has 0 fully saturated rings. The summed E-state index contributed by atoms with van der Waals surface area (Å²) in [7, 11) is 0. The molecule has 3 aromatic rings. The largest absolute Gasteiger partial charge is 0.423 e. The average molecular weight is 283 g/mol. The van der Waals surface area contributed by atoms with Gasteiger partial charge < -0.3 is 9.73 Å². The number of benzene rings is 2. The minimum Gasteiger partial charge on any atom is -0.423 e. The maximum absolute atomic E-state index is 10.9. The average Bonchev–Trinajstić information content (AvgIpc) is 2.87. The van der Waals surface area contributed by atoms with Crippen molar-refractivity contribution in [1.29, 1.82) is 0 Å². The van der Waals surface area contributed by atoms with Crippen LogP contribution in [0.25, 0.3) is 11.1 Å². The highest BCUT2D eigenvalue weighted by atomic mass is 16.6. The fourth-order valence-corrected chi connectivity index (χ4v) is 2.16. The number of hydrogen-bond acceptors (Lipinski definition) is 5. The quantitative estimate of drug-likeness (QED) is 0.583. The molecular weight excluding hydrogens is 270 g/mol. The molecule has 21 heavy (non-hydrogen) atoms. The Hall–Kier alpha value is -2.89. The molecule has 0 spiro atoms. The van der Waals surface area contributed by atoms with Gasteiger partial charge in [0.2, 0.25) is 0 Å². The summed E-state index contributed by atoms with van der Waals surface area (Å²) in [6.07, 6.45) is 0. The van der Waals surface area contributed by atoms with Crippen LogP contribution >= 0.6 is 0 Å². The maximum Gasteiger partial charge on any atom is 0.298 e. The molecule has 0 amide bonds. The van der Waals surface area contributed by atoms with Crippen molar-refractivity contribution in [2.45, 2.75) is 13.5 Å². The molecule has 0 atom stereocenters. The van der Waals surface area contributed by atoms with Crippen LogP contribution in [0, 0.1) is 17.0 Å². The van der Waals surface area contributed by atoms with E-state index in [-0.39, 0.29) is 17.2 Å². The van der Waals surface area contributed by atoms with Gasteiger partial charge in [0.1, 0.15) is 0 Å². The smallest absolute Gasteiger partial charge is 0.298 e. The lowest BCUT2D eigenvalue weighted by Gasteiger charge is -2.02. The molecule has 2 aromatic carbocycles. The van der Waals surface area contributed by atoms with Crippen LogP contribution in [0.1, 0.15) is 11.1 Å². The lowest BCUT2D eigenvalue weighted by molar-refractivity contribution is -0.383. The first-order valence-corrected chi connectivity index (χ1v) is 6.47. The first kappa shape index (κ1) is 13.1. The van der Waals surface area contributed by atoms with Gasteiger partial charge in [0, 0.05) is 12.6 Å². The number of nitro benzene ring substituents is 1. The Bertz CT molecular complexity index is 811. The molecule has 6 nitrogen and oxygen atoms in total. The number of rotatable bonds is 4. The number of nitrogens with zero attached hydrogens (tertiary/aromatic N) is 2. The summed E-state index contributed by atoms with van der Waals surface area (Å²) in [4.78, 5) is 14.6. The number of non-ortho nitro benzene ring substituents is 1. The first-order valence-electron chi connectivity index (χ1n) is 6.47. The molecule has 0 saturated carbocycles. The fourth-order valence-electron chi connectivity index (χ4n) is 2.16. The van der Waals surface area contributed by atoms with Crippen LogP contribution in [0.15, 0.2) is 46.9 Å². The second kappa shape index (κ2) is 5.24. The van der Waals surface area contributed by atoms with E-state index in [1.165, 1.54) is 11.6 Å². The van der Waals surface area contributed by atoms with Crippen LogP contribution in [0.3, 0.4) is 0 Å². The summed E-state index contributed by atoms with van der Waals surface area (Å²) in [6.45, 7) is 2.56. The Morgan fingerprint density at radius 1 is 1.29 bits per heavy atom. The summed E-state index contributed by atoms with van der Waals surface area (Å²) in [6, 6.07) is 13.0. The SMILES string of the molecule is Cc1cccc(CNc2nc3c([N+](=O)[O-])cccc3o2)c1. The van der Waals surface area contributed by atoms with Crippen molar-refractivity contribution < 1.29 is 9.34 Å². The zero-order chi connectivity index (χ0) is 14.8. The molecule has 1 aromatic heterocycles. The zero-order valence-electron chi connectivity index (χ0n) is 11.4. The molecule has 1 N–H and O–H groups in total. The van der Waals surface area contributed by atoms with Gasteiger partial charge in [-0.25, -0.2) is 0 Å². The molecule has 106 valence electrons. The molecule has 6 heteroatoms. The molecule has 1 heterocycles. The van der Waals surface area contributed by atoms with E-state index in [0.717, 1.165) is 5.56 Å². The van der Waals surface area contributed by atoms with E-state index in [4.69, 9.17) is 4.42 Å². The van der Waals surface area contributed by atoms with Gasteiger partial charge in [-0.2, -0.15) is 4.98 Å².